The number of guanidine groups is 1. The molecule has 2 rings (SSSR count). The summed E-state index contributed by atoms with van der Waals surface area (Å²) in [5.74, 6) is 2.97. The second kappa shape index (κ2) is 9.58. The zero-order valence-corrected chi connectivity index (χ0v) is 15.0. The van der Waals surface area contributed by atoms with Crippen LogP contribution in [0.2, 0.25) is 0 Å². The Morgan fingerprint density at radius 1 is 1.30 bits per heavy atom. The van der Waals surface area contributed by atoms with E-state index in [1.54, 1.807) is 0 Å². The molecule has 0 bridgehead atoms. The van der Waals surface area contributed by atoms with Crippen LogP contribution >= 0.6 is 0 Å². The average molecular weight is 319 g/mol. The fraction of sp³-hybridized carbons (Fsp3) is 0.778. The minimum atomic E-state index is 0.595. The van der Waals surface area contributed by atoms with E-state index in [4.69, 9.17) is 4.99 Å². The first kappa shape index (κ1) is 17.8. The van der Waals surface area contributed by atoms with E-state index < -0.39 is 0 Å². The quantitative estimate of drug-likeness (QED) is 0.461. The smallest absolute Gasteiger partial charge is 0.191 e. The van der Waals surface area contributed by atoms with Crippen molar-refractivity contribution in [2.75, 3.05) is 13.1 Å². The largest absolute Gasteiger partial charge is 0.357 e. The number of rotatable bonds is 7. The summed E-state index contributed by atoms with van der Waals surface area (Å²) in [4.78, 5) is 8.99. The van der Waals surface area contributed by atoms with Crippen LogP contribution in [-0.2, 0) is 6.54 Å². The highest BCUT2D eigenvalue weighted by Crippen LogP contribution is 2.23. The molecule has 0 radical (unpaired) electrons. The molecular weight excluding hydrogens is 286 g/mol. The number of imidazole rings is 1. The van der Waals surface area contributed by atoms with Gasteiger partial charge in [0.15, 0.2) is 5.96 Å². The highest BCUT2D eigenvalue weighted by molar-refractivity contribution is 5.80. The maximum Gasteiger partial charge on any atom is 0.191 e. The molecule has 1 aromatic rings. The lowest BCUT2D eigenvalue weighted by molar-refractivity contribution is 0.329. The Bertz CT molecular complexity index is 472. The maximum absolute atomic E-state index is 4.74. The van der Waals surface area contributed by atoms with Gasteiger partial charge in [-0.15, -0.1) is 0 Å². The minimum Gasteiger partial charge on any atom is -0.357 e. The Kier molecular flexibility index (Phi) is 7.43. The SMILES string of the molecule is CCNC(=NCCCCn1ccnc1C)NC1CCC(C)CC1. The summed E-state index contributed by atoms with van der Waals surface area (Å²) in [7, 11) is 0. The van der Waals surface area contributed by atoms with E-state index in [1.165, 1.54) is 25.7 Å². The Hall–Kier alpha value is -1.52. The number of nitrogens with one attached hydrogen (secondary N) is 2. The Labute approximate surface area is 141 Å². The van der Waals surface area contributed by atoms with Crippen LogP contribution in [0, 0.1) is 12.8 Å². The van der Waals surface area contributed by atoms with Crippen LogP contribution in [-0.4, -0.2) is 34.6 Å². The second-order valence-corrected chi connectivity index (χ2v) is 6.74. The standard InChI is InChI=1S/C18H33N5/c1-4-19-18(22-17-9-7-15(2)8-10-17)21-11-5-6-13-23-14-12-20-16(23)3/h12,14-15,17H,4-11,13H2,1-3H3,(H2,19,21,22). The van der Waals surface area contributed by atoms with Gasteiger partial charge in [0.1, 0.15) is 5.82 Å². The monoisotopic (exact) mass is 319 g/mol. The number of aryl methyl sites for hydroxylation is 2. The van der Waals surface area contributed by atoms with Gasteiger partial charge in [0, 0.05) is 38.1 Å². The zero-order chi connectivity index (χ0) is 16.5. The zero-order valence-electron chi connectivity index (χ0n) is 15.0. The van der Waals surface area contributed by atoms with Gasteiger partial charge in [0.05, 0.1) is 0 Å². The molecule has 2 N–H and O–H groups in total. The minimum absolute atomic E-state index is 0.595. The molecule has 0 atom stereocenters. The molecule has 0 amide bonds. The molecule has 5 nitrogen and oxygen atoms in total. The highest BCUT2D eigenvalue weighted by atomic mass is 15.2. The van der Waals surface area contributed by atoms with Gasteiger partial charge >= 0.3 is 0 Å². The van der Waals surface area contributed by atoms with Gasteiger partial charge in [-0.1, -0.05) is 6.92 Å². The van der Waals surface area contributed by atoms with Gasteiger partial charge in [-0.25, -0.2) is 4.98 Å². The van der Waals surface area contributed by atoms with Gasteiger partial charge < -0.3 is 15.2 Å². The fourth-order valence-electron chi connectivity index (χ4n) is 3.14. The third-order valence-corrected chi connectivity index (χ3v) is 4.70. The van der Waals surface area contributed by atoms with Crippen molar-refractivity contribution in [2.24, 2.45) is 10.9 Å². The Morgan fingerprint density at radius 3 is 2.74 bits per heavy atom. The van der Waals surface area contributed by atoms with Crippen LogP contribution in [0.25, 0.3) is 0 Å². The molecule has 1 fully saturated rings. The van der Waals surface area contributed by atoms with Crippen molar-refractivity contribution in [2.45, 2.75) is 71.9 Å². The topological polar surface area (TPSA) is 54.2 Å². The van der Waals surface area contributed by atoms with E-state index in [1.807, 2.05) is 12.4 Å². The molecule has 1 aromatic heterocycles. The predicted molar refractivity (Wildman–Crippen MR) is 96.7 cm³/mol. The summed E-state index contributed by atoms with van der Waals surface area (Å²) in [5, 5.41) is 6.99. The Morgan fingerprint density at radius 2 is 2.09 bits per heavy atom. The number of aromatic nitrogens is 2. The van der Waals surface area contributed by atoms with Crippen molar-refractivity contribution in [1.82, 2.24) is 20.2 Å². The highest BCUT2D eigenvalue weighted by Gasteiger charge is 2.18. The van der Waals surface area contributed by atoms with Gasteiger partial charge in [-0.2, -0.15) is 0 Å². The summed E-state index contributed by atoms with van der Waals surface area (Å²) < 4.78 is 2.20. The van der Waals surface area contributed by atoms with Crippen molar-refractivity contribution in [1.29, 1.82) is 0 Å². The number of unbranched alkanes of at least 4 members (excludes halogenated alkanes) is 1. The normalized spacial score (nSPS) is 22.1. The molecule has 0 aliphatic heterocycles. The van der Waals surface area contributed by atoms with E-state index in [-0.39, 0.29) is 0 Å². The number of hydrogen-bond donors (Lipinski definition) is 2. The first-order chi connectivity index (χ1) is 11.2. The van der Waals surface area contributed by atoms with Crippen molar-refractivity contribution < 1.29 is 0 Å². The lowest BCUT2D eigenvalue weighted by Crippen LogP contribution is -2.44. The second-order valence-electron chi connectivity index (χ2n) is 6.74. The lowest BCUT2D eigenvalue weighted by Gasteiger charge is -2.28. The molecule has 0 spiro atoms. The number of nitrogens with zero attached hydrogens (tertiary/aromatic N) is 3. The molecule has 1 aliphatic rings. The fourth-order valence-corrected chi connectivity index (χ4v) is 3.14. The molecule has 1 aliphatic carbocycles. The molecule has 130 valence electrons. The van der Waals surface area contributed by atoms with E-state index in [0.29, 0.717) is 6.04 Å². The number of aliphatic imine (C=N–C) groups is 1. The van der Waals surface area contributed by atoms with Crippen molar-refractivity contribution in [3.05, 3.63) is 18.2 Å². The van der Waals surface area contributed by atoms with Crippen LogP contribution in [0.3, 0.4) is 0 Å². The van der Waals surface area contributed by atoms with Gasteiger partial charge in [0.25, 0.3) is 0 Å². The van der Waals surface area contributed by atoms with E-state index >= 15 is 0 Å². The maximum atomic E-state index is 4.74. The Balaban J connectivity index is 1.69. The third-order valence-electron chi connectivity index (χ3n) is 4.70. The van der Waals surface area contributed by atoms with Crippen LogP contribution in [0.5, 0.6) is 0 Å². The first-order valence-electron chi connectivity index (χ1n) is 9.21. The molecule has 0 unspecified atom stereocenters. The summed E-state index contributed by atoms with van der Waals surface area (Å²) in [5.41, 5.74) is 0. The molecule has 5 heteroatoms. The number of hydrogen-bond acceptors (Lipinski definition) is 2. The molecular formula is C18H33N5. The van der Waals surface area contributed by atoms with Gasteiger partial charge in [-0.3, -0.25) is 4.99 Å². The van der Waals surface area contributed by atoms with Crippen LogP contribution in [0.1, 0.15) is 58.2 Å². The third kappa shape index (κ3) is 6.24. The molecule has 1 saturated carbocycles. The van der Waals surface area contributed by atoms with E-state index in [2.05, 4.69) is 41.0 Å². The van der Waals surface area contributed by atoms with Crippen molar-refractivity contribution >= 4 is 5.96 Å². The van der Waals surface area contributed by atoms with Crippen molar-refractivity contribution in [3.8, 4) is 0 Å². The van der Waals surface area contributed by atoms with Gasteiger partial charge in [-0.05, 0) is 58.3 Å². The van der Waals surface area contributed by atoms with Crippen molar-refractivity contribution in [3.63, 3.8) is 0 Å². The van der Waals surface area contributed by atoms with E-state index in [9.17, 15) is 0 Å². The predicted octanol–water partition coefficient (Wildman–Crippen LogP) is 3.11. The van der Waals surface area contributed by atoms with Crippen LogP contribution in [0.15, 0.2) is 17.4 Å². The summed E-state index contributed by atoms with van der Waals surface area (Å²) in [6, 6.07) is 0.595. The van der Waals surface area contributed by atoms with Gasteiger partial charge in [0.2, 0.25) is 0 Å². The molecule has 1 heterocycles. The van der Waals surface area contributed by atoms with E-state index in [0.717, 1.165) is 50.2 Å². The first-order valence-corrected chi connectivity index (χ1v) is 9.21. The van der Waals surface area contributed by atoms with Crippen LogP contribution in [0.4, 0.5) is 0 Å². The molecule has 23 heavy (non-hydrogen) atoms. The summed E-state index contributed by atoms with van der Waals surface area (Å²) >= 11 is 0. The van der Waals surface area contributed by atoms with Crippen LogP contribution < -0.4 is 10.6 Å². The lowest BCUT2D eigenvalue weighted by atomic mass is 9.87. The average Bonchev–Trinajstić information content (AvgIpc) is 2.94. The summed E-state index contributed by atoms with van der Waals surface area (Å²) in [6.07, 6.45) is 11.4. The molecule has 0 saturated heterocycles. The molecule has 0 aromatic carbocycles. The summed E-state index contributed by atoms with van der Waals surface area (Å²) in [6.45, 7) is 9.37.